The highest BCUT2D eigenvalue weighted by Crippen LogP contribution is 2.67. The summed E-state index contributed by atoms with van der Waals surface area (Å²) >= 11 is 0. The molecule has 4 rings (SSSR count). The Kier molecular flexibility index (Phi) is 4.18. The van der Waals surface area contributed by atoms with Crippen molar-refractivity contribution >= 4 is 0 Å². The first kappa shape index (κ1) is 17.1. The second-order valence-corrected chi connectivity index (χ2v) is 10.3. The van der Waals surface area contributed by atoms with E-state index in [9.17, 15) is 5.11 Å². The predicted molar refractivity (Wildman–Crippen MR) is 101 cm³/mol. The van der Waals surface area contributed by atoms with E-state index in [1.54, 1.807) is 5.57 Å². The minimum absolute atomic E-state index is 0.0732. The summed E-state index contributed by atoms with van der Waals surface area (Å²) in [6, 6.07) is 0. The molecule has 0 bridgehead atoms. The van der Waals surface area contributed by atoms with Gasteiger partial charge in [0.05, 0.1) is 6.10 Å². The second-order valence-electron chi connectivity index (χ2n) is 10.3. The van der Waals surface area contributed by atoms with Gasteiger partial charge in [-0.1, -0.05) is 45.8 Å². The number of aliphatic hydroxyl groups is 1. The van der Waals surface area contributed by atoms with Crippen LogP contribution in [0.25, 0.3) is 0 Å². The van der Waals surface area contributed by atoms with Crippen LogP contribution in [0.5, 0.6) is 0 Å². The van der Waals surface area contributed by atoms with Gasteiger partial charge >= 0.3 is 0 Å². The molecule has 0 aromatic carbocycles. The first-order valence-electron chi connectivity index (χ1n) is 10.8. The first-order chi connectivity index (χ1) is 11.4. The van der Waals surface area contributed by atoms with Crippen LogP contribution in [-0.2, 0) is 0 Å². The van der Waals surface area contributed by atoms with Crippen LogP contribution in [0, 0.1) is 40.4 Å². The van der Waals surface area contributed by atoms with Crippen molar-refractivity contribution in [2.45, 2.75) is 91.6 Å². The SMILES string of the molecule is CC[C@@H](C)C1CCC2C3CC=C4C[C@H](O)CC[C@]4(C)C3CC[C@@]21C. The van der Waals surface area contributed by atoms with Crippen molar-refractivity contribution in [1.29, 1.82) is 0 Å². The van der Waals surface area contributed by atoms with Gasteiger partial charge in [-0.15, -0.1) is 0 Å². The molecule has 0 aromatic rings. The van der Waals surface area contributed by atoms with E-state index in [4.69, 9.17) is 0 Å². The summed E-state index contributed by atoms with van der Waals surface area (Å²) in [6.45, 7) is 10.1. The van der Waals surface area contributed by atoms with E-state index in [1.807, 2.05) is 0 Å². The third-order valence-corrected chi connectivity index (χ3v) is 9.48. The molecule has 136 valence electrons. The molecule has 0 saturated heterocycles. The van der Waals surface area contributed by atoms with Crippen LogP contribution in [0.3, 0.4) is 0 Å². The third kappa shape index (κ3) is 2.29. The van der Waals surface area contributed by atoms with E-state index in [0.717, 1.165) is 42.4 Å². The van der Waals surface area contributed by atoms with E-state index < -0.39 is 0 Å². The Bertz CT molecular complexity index is 522. The highest BCUT2D eigenvalue weighted by molar-refractivity contribution is 5.25. The Hall–Kier alpha value is -0.300. The molecule has 0 spiro atoms. The van der Waals surface area contributed by atoms with Crippen LogP contribution >= 0.6 is 0 Å². The van der Waals surface area contributed by atoms with Crippen LogP contribution in [-0.4, -0.2) is 11.2 Å². The van der Waals surface area contributed by atoms with Crippen LogP contribution in [0.2, 0.25) is 0 Å². The average molecular weight is 331 g/mol. The molecule has 4 unspecified atom stereocenters. The topological polar surface area (TPSA) is 20.2 Å². The number of allylic oxidation sites excluding steroid dienone is 1. The lowest BCUT2D eigenvalue weighted by molar-refractivity contribution is -0.0568. The van der Waals surface area contributed by atoms with Crippen molar-refractivity contribution in [2.75, 3.05) is 0 Å². The fourth-order valence-electron chi connectivity index (χ4n) is 7.90. The summed E-state index contributed by atoms with van der Waals surface area (Å²) in [7, 11) is 0. The monoisotopic (exact) mass is 330 g/mol. The second kappa shape index (κ2) is 5.86. The number of hydrogen-bond acceptors (Lipinski definition) is 1. The van der Waals surface area contributed by atoms with Gasteiger partial charge in [-0.25, -0.2) is 0 Å². The summed E-state index contributed by atoms with van der Waals surface area (Å²) in [5.41, 5.74) is 2.62. The molecular weight excluding hydrogens is 292 g/mol. The Balaban J connectivity index is 1.63. The number of hydrogen-bond donors (Lipinski definition) is 1. The molecule has 1 nitrogen and oxygen atoms in total. The maximum Gasteiger partial charge on any atom is 0.0577 e. The Morgan fingerprint density at radius 3 is 2.67 bits per heavy atom. The molecule has 0 aliphatic heterocycles. The molecule has 0 radical (unpaired) electrons. The van der Waals surface area contributed by atoms with Gasteiger partial charge in [0.15, 0.2) is 0 Å². The number of aliphatic hydroxyl groups excluding tert-OH is 1. The lowest BCUT2D eigenvalue weighted by Gasteiger charge is -2.58. The van der Waals surface area contributed by atoms with Gasteiger partial charge in [-0.2, -0.15) is 0 Å². The fourth-order valence-corrected chi connectivity index (χ4v) is 7.90. The molecule has 3 saturated carbocycles. The van der Waals surface area contributed by atoms with Crippen molar-refractivity contribution in [2.24, 2.45) is 40.4 Å². The zero-order valence-corrected chi connectivity index (χ0v) is 16.4. The molecule has 4 aliphatic carbocycles. The Morgan fingerprint density at radius 2 is 1.92 bits per heavy atom. The summed E-state index contributed by atoms with van der Waals surface area (Å²) in [4.78, 5) is 0. The highest BCUT2D eigenvalue weighted by Gasteiger charge is 2.58. The van der Waals surface area contributed by atoms with E-state index in [0.29, 0.717) is 10.8 Å². The molecule has 1 heteroatoms. The Morgan fingerprint density at radius 1 is 1.12 bits per heavy atom. The smallest absolute Gasteiger partial charge is 0.0577 e. The normalized spacial score (nSPS) is 52.0. The lowest BCUT2D eigenvalue weighted by atomic mass is 9.47. The van der Waals surface area contributed by atoms with E-state index in [1.165, 1.54) is 44.9 Å². The maximum atomic E-state index is 10.1. The number of rotatable bonds is 2. The van der Waals surface area contributed by atoms with E-state index >= 15 is 0 Å². The highest BCUT2D eigenvalue weighted by atomic mass is 16.3. The minimum atomic E-state index is -0.0732. The van der Waals surface area contributed by atoms with Crippen molar-refractivity contribution < 1.29 is 5.11 Å². The summed E-state index contributed by atoms with van der Waals surface area (Å²) in [5, 5.41) is 10.1. The van der Waals surface area contributed by atoms with Crippen LogP contribution in [0.1, 0.15) is 85.5 Å². The lowest BCUT2D eigenvalue weighted by Crippen LogP contribution is -2.50. The minimum Gasteiger partial charge on any atom is -0.393 e. The van der Waals surface area contributed by atoms with Crippen LogP contribution < -0.4 is 0 Å². The van der Waals surface area contributed by atoms with Crippen LogP contribution in [0.15, 0.2) is 11.6 Å². The fraction of sp³-hybridized carbons (Fsp3) is 0.913. The van der Waals surface area contributed by atoms with Crippen molar-refractivity contribution in [1.82, 2.24) is 0 Å². The molecule has 3 fully saturated rings. The predicted octanol–water partition coefficient (Wildman–Crippen LogP) is 5.97. The third-order valence-electron chi connectivity index (χ3n) is 9.48. The summed E-state index contributed by atoms with van der Waals surface area (Å²) in [5.74, 6) is 4.61. The molecule has 4 aliphatic rings. The molecule has 1 N–H and O–H groups in total. The zero-order chi connectivity index (χ0) is 17.1. The van der Waals surface area contributed by atoms with Gasteiger partial charge in [0, 0.05) is 0 Å². The quantitative estimate of drug-likeness (QED) is 0.618. The van der Waals surface area contributed by atoms with Gasteiger partial charge in [0.1, 0.15) is 0 Å². The van der Waals surface area contributed by atoms with E-state index in [2.05, 4.69) is 33.8 Å². The van der Waals surface area contributed by atoms with Gasteiger partial charge < -0.3 is 5.11 Å². The molecule has 0 heterocycles. The standard InChI is InChI=1S/C23H38O/c1-5-15(2)19-8-9-20-18-7-6-16-14-17(24)10-12-22(16,3)21(18)11-13-23(19,20)4/h6,15,17-21,24H,5,7-14H2,1-4H3/t15-,17-,18?,19?,20?,21?,22+,23-/m1/s1. The van der Waals surface area contributed by atoms with Crippen LogP contribution in [0.4, 0.5) is 0 Å². The van der Waals surface area contributed by atoms with Gasteiger partial charge in [-0.3, -0.25) is 0 Å². The molecule has 0 aromatic heterocycles. The molecular formula is C23H38O. The Labute approximate surface area is 149 Å². The molecule has 8 atom stereocenters. The van der Waals surface area contributed by atoms with Crippen molar-refractivity contribution in [3.8, 4) is 0 Å². The molecule has 24 heavy (non-hydrogen) atoms. The van der Waals surface area contributed by atoms with Crippen molar-refractivity contribution in [3.05, 3.63) is 11.6 Å². The summed E-state index contributed by atoms with van der Waals surface area (Å²) in [6.07, 6.45) is 14.2. The summed E-state index contributed by atoms with van der Waals surface area (Å²) < 4.78 is 0. The number of fused-ring (bicyclic) bond motifs is 5. The zero-order valence-electron chi connectivity index (χ0n) is 16.4. The van der Waals surface area contributed by atoms with Gasteiger partial charge in [0.25, 0.3) is 0 Å². The van der Waals surface area contributed by atoms with Crippen molar-refractivity contribution in [3.63, 3.8) is 0 Å². The largest absolute Gasteiger partial charge is 0.393 e. The molecule has 0 amide bonds. The maximum absolute atomic E-state index is 10.1. The average Bonchev–Trinajstić information content (AvgIpc) is 2.92. The van der Waals surface area contributed by atoms with Gasteiger partial charge in [0.2, 0.25) is 0 Å². The first-order valence-corrected chi connectivity index (χ1v) is 10.8. The van der Waals surface area contributed by atoms with E-state index in [-0.39, 0.29) is 6.10 Å². The van der Waals surface area contributed by atoms with Gasteiger partial charge in [-0.05, 0) is 91.8 Å².